The lowest BCUT2D eigenvalue weighted by atomic mass is 9.95. The highest BCUT2D eigenvalue weighted by molar-refractivity contribution is 7.09. The summed E-state index contributed by atoms with van der Waals surface area (Å²) < 4.78 is 23.1. The zero-order valence-corrected chi connectivity index (χ0v) is 20.6. The number of benzene rings is 1. The first-order chi connectivity index (χ1) is 16.2. The van der Waals surface area contributed by atoms with Crippen LogP contribution in [0.2, 0.25) is 0 Å². The Kier molecular flexibility index (Phi) is 8.76. The van der Waals surface area contributed by atoms with Gasteiger partial charge in [0.25, 0.3) is 0 Å². The van der Waals surface area contributed by atoms with Gasteiger partial charge in [0.05, 0.1) is 29.0 Å². The fourth-order valence-corrected chi connectivity index (χ4v) is 4.43. The molecule has 1 aliphatic heterocycles. The van der Waals surface area contributed by atoms with Crippen LogP contribution in [0.1, 0.15) is 49.7 Å². The molecular weight excluding hydrogens is 460 g/mol. The van der Waals surface area contributed by atoms with Crippen LogP contribution in [0.4, 0.5) is 5.69 Å². The van der Waals surface area contributed by atoms with Crippen LogP contribution in [0.15, 0.2) is 42.1 Å². The number of carbonyl (C=O) groups excluding carboxylic acids is 1. The molecule has 3 atom stereocenters. The van der Waals surface area contributed by atoms with E-state index < -0.39 is 16.8 Å². The van der Waals surface area contributed by atoms with Gasteiger partial charge in [0.15, 0.2) is 17.6 Å². The molecule has 3 rings (SSSR count). The number of rotatable bonds is 10. The first-order valence-electron chi connectivity index (χ1n) is 11.0. The second kappa shape index (κ2) is 11.5. The van der Waals surface area contributed by atoms with Crippen molar-refractivity contribution in [2.45, 2.75) is 58.0 Å². The maximum atomic E-state index is 11.5. The van der Waals surface area contributed by atoms with E-state index in [1.54, 1.807) is 44.6 Å². The molecule has 0 unspecified atom stereocenters. The quantitative estimate of drug-likeness (QED) is 0.195. The van der Waals surface area contributed by atoms with Crippen LogP contribution in [0, 0.1) is 23.0 Å². The Bertz CT molecular complexity index is 1010. The Morgan fingerprint density at radius 3 is 2.85 bits per heavy atom. The number of hydrogen-bond donors (Lipinski definition) is 0. The van der Waals surface area contributed by atoms with E-state index in [2.05, 4.69) is 9.72 Å². The van der Waals surface area contributed by atoms with Gasteiger partial charge in [-0.2, -0.15) is 0 Å². The molecule has 0 bridgehead atoms. The highest BCUT2D eigenvalue weighted by atomic mass is 32.1. The van der Waals surface area contributed by atoms with Gasteiger partial charge in [-0.25, -0.2) is 0 Å². The predicted molar refractivity (Wildman–Crippen MR) is 127 cm³/mol. The highest BCUT2D eigenvalue weighted by Crippen LogP contribution is 2.41. The van der Waals surface area contributed by atoms with Gasteiger partial charge in [-0.3, -0.25) is 19.9 Å². The van der Waals surface area contributed by atoms with Crippen LogP contribution >= 0.6 is 11.3 Å². The highest BCUT2D eigenvalue weighted by Gasteiger charge is 2.43. The SMILES string of the molecule is COC(=O)CC/C=C\C[C@@H]1CO[C@H](C(C)(C)Oc2ccc(C)cc2[N+](=O)[O-])O[C@@H]1c1cncs1. The normalized spacial score (nSPS) is 20.9. The van der Waals surface area contributed by atoms with Gasteiger partial charge in [0, 0.05) is 24.6 Å². The molecule has 0 saturated carbocycles. The molecule has 10 heteroatoms. The molecule has 1 aromatic carbocycles. The van der Waals surface area contributed by atoms with Gasteiger partial charge in [-0.1, -0.05) is 18.2 Å². The lowest BCUT2D eigenvalue weighted by Gasteiger charge is -2.42. The van der Waals surface area contributed by atoms with Gasteiger partial charge >= 0.3 is 11.7 Å². The number of nitro benzene ring substituents is 1. The van der Waals surface area contributed by atoms with E-state index in [1.807, 2.05) is 12.2 Å². The number of hydrogen-bond acceptors (Lipinski definition) is 9. The fraction of sp³-hybridized carbons (Fsp3) is 0.500. The molecule has 1 saturated heterocycles. The van der Waals surface area contributed by atoms with E-state index in [4.69, 9.17) is 14.2 Å². The summed E-state index contributed by atoms with van der Waals surface area (Å²) in [5, 5.41) is 11.5. The minimum atomic E-state index is -0.996. The fourth-order valence-electron chi connectivity index (χ4n) is 3.68. The Labute approximate surface area is 202 Å². The van der Waals surface area contributed by atoms with Crippen molar-refractivity contribution in [2.24, 2.45) is 5.92 Å². The van der Waals surface area contributed by atoms with Gasteiger partial charge in [-0.15, -0.1) is 11.3 Å². The second-order valence-electron chi connectivity index (χ2n) is 8.64. The summed E-state index contributed by atoms with van der Waals surface area (Å²) in [6, 6.07) is 4.85. The monoisotopic (exact) mass is 490 g/mol. The van der Waals surface area contributed by atoms with Crippen LogP contribution in [0.5, 0.6) is 5.75 Å². The Balaban J connectivity index is 1.71. The first-order valence-corrected chi connectivity index (χ1v) is 11.9. The molecule has 0 amide bonds. The molecule has 2 aromatic rings. The zero-order chi connectivity index (χ0) is 24.7. The Morgan fingerprint density at radius 2 is 2.18 bits per heavy atom. The van der Waals surface area contributed by atoms with Crippen molar-refractivity contribution in [1.82, 2.24) is 4.98 Å². The van der Waals surface area contributed by atoms with Crippen LogP contribution in [-0.2, 0) is 19.0 Å². The van der Waals surface area contributed by atoms with Crippen LogP contribution < -0.4 is 4.74 Å². The van der Waals surface area contributed by atoms with Gasteiger partial charge in [0.2, 0.25) is 0 Å². The molecule has 0 N–H and O–H groups in total. The first kappa shape index (κ1) is 25.8. The largest absolute Gasteiger partial charge is 0.475 e. The van der Waals surface area contributed by atoms with Gasteiger partial charge < -0.3 is 18.9 Å². The van der Waals surface area contributed by atoms with Crippen molar-refractivity contribution in [3.05, 3.63) is 62.6 Å². The number of ether oxygens (including phenoxy) is 4. The van der Waals surface area contributed by atoms with E-state index in [1.165, 1.54) is 24.5 Å². The number of nitrogens with zero attached hydrogens (tertiary/aromatic N) is 2. The predicted octanol–water partition coefficient (Wildman–Crippen LogP) is 5.15. The number of esters is 1. The Hall–Kier alpha value is -2.82. The topological polar surface area (TPSA) is 110 Å². The molecule has 0 spiro atoms. The van der Waals surface area contributed by atoms with Crippen LogP contribution in [0.3, 0.4) is 0 Å². The van der Waals surface area contributed by atoms with Crippen molar-refractivity contribution >= 4 is 23.0 Å². The minimum Gasteiger partial charge on any atom is -0.475 e. The van der Waals surface area contributed by atoms with Crippen LogP contribution in [-0.4, -0.2) is 41.5 Å². The Morgan fingerprint density at radius 1 is 1.38 bits per heavy atom. The summed E-state index contributed by atoms with van der Waals surface area (Å²) in [6.45, 7) is 5.78. The number of aryl methyl sites for hydroxylation is 1. The van der Waals surface area contributed by atoms with Crippen molar-refractivity contribution in [2.75, 3.05) is 13.7 Å². The number of methoxy groups -OCH3 is 1. The lowest BCUT2D eigenvalue weighted by Crippen LogP contribution is -2.50. The summed E-state index contributed by atoms with van der Waals surface area (Å²) >= 11 is 1.50. The smallest absolute Gasteiger partial charge is 0.311 e. The maximum Gasteiger partial charge on any atom is 0.311 e. The molecular formula is C24H30N2O7S. The third-order valence-electron chi connectivity index (χ3n) is 5.49. The van der Waals surface area contributed by atoms with Crippen molar-refractivity contribution in [3.63, 3.8) is 0 Å². The lowest BCUT2D eigenvalue weighted by molar-refractivity contribution is -0.386. The minimum absolute atomic E-state index is 0.0376. The molecule has 1 aromatic heterocycles. The van der Waals surface area contributed by atoms with Crippen LogP contribution in [0.25, 0.3) is 0 Å². The number of aromatic nitrogens is 1. The molecule has 184 valence electrons. The van der Waals surface area contributed by atoms with Crippen molar-refractivity contribution < 1.29 is 28.7 Å². The zero-order valence-electron chi connectivity index (χ0n) is 19.8. The standard InChI is InChI=1S/C24H30N2O7S/c1-16-10-11-19(18(12-16)26(28)29)33-24(2,3)23-31-14-17(8-6-5-7-9-21(27)30-4)22(32-23)20-13-25-15-34-20/h5-6,10-13,15,17,22-23H,7-9,14H2,1-4H3/b6-5-/t17-,22+,23+/m1/s1. The number of nitro groups is 1. The van der Waals surface area contributed by atoms with E-state index in [0.717, 1.165) is 10.4 Å². The van der Waals surface area contributed by atoms with Gasteiger partial charge in [0.1, 0.15) is 6.10 Å². The summed E-state index contributed by atoms with van der Waals surface area (Å²) in [6.07, 6.45) is 6.37. The van der Waals surface area contributed by atoms with E-state index >= 15 is 0 Å². The van der Waals surface area contributed by atoms with Crippen molar-refractivity contribution in [1.29, 1.82) is 0 Å². The summed E-state index contributed by atoms with van der Waals surface area (Å²) in [7, 11) is 1.38. The number of thiazole rings is 1. The average Bonchev–Trinajstić information content (AvgIpc) is 3.34. The van der Waals surface area contributed by atoms with Crippen molar-refractivity contribution in [3.8, 4) is 5.75 Å². The third-order valence-corrected chi connectivity index (χ3v) is 6.33. The molecule has 0 radical (unpaired) electrons. The summed E-state index contributed by atoms with van der Waals surface area (Å²) in [5.41, 5.74) is 1.43. The van der Waals surface area contributed by atoms with Gasteiger partial charge in [-0.05, 0) is 45.2 Å². The number of allylic oxidation sites excluding steroid dienone is 2. The molecule has 2 heterocycles. The average molecular weight is 491 g/mol. The van der Waals surface area contributed by atoms with E-state index in [-0.39, 0.29) is 29.4 Å². The third kappa shape index (κ3) is 6.62. The maximum absolute atomic E-state index is 11.5. The number of carbonyl (C=O) groups is 1. The van der Waals surface area contributed by atoms with E-state index in [0.29, 0.717) is 25.9 Å². The second-order valence-corrected chi connectivity index (χ2v) is 9.56. The summed E-state index contributed by atoms with van der Waals surface area (Å²) in [5.74, 6) is -0.0382. The molecule has 9 nitrogen and oxygen atoms in total. The molecule has 1 fully saturated rings. The molecule has 0 aliphatic carbocycles. The molecule has 1 aliphatic rings. The van der Waals surface area contributed by atoms with E-state index in [9.17, 15) is 14.9 Å². The summed E-state index contributed by atoms with van der Waals surface area (Å²) in [4.78, 5) is 27.5. The molecule has 34 heavy (non-hydrogen) atoms.